The van der Waals surface area contributed by atoms with Gasteiger partial charge >= 0.3 is 0 Å². The first-order chi connectivity index (χ1) is 16.8. The summed E-state index contributed by atoms with van der Waals surface area (Å²) in [5, 5.41) is 11.3. The van der Waals surface area contributed by atoms with Crippen molar-refractivity contribution < 1.29 is 0 Å². The lowest BCUT2D eigenvalue weighted by Gasteiger charge is -2.32. The summed E-state index contributed by atoms with van der Waals surface area (Å²) in [4.78, 5) is 0. The van der Waals surface area contributed by atoms with Crippen molar-refractivity contribution in [3.05, 3.63) is 133 Å². The number of benzene rings is 6. The Labute approximate surface area is 201 Å². The van der Waals surface area contributed by atoms with Gasteiger partial charge in [0.05, 0.1) is 0 Å². The fourth-order valence-electron chi connectivity index (χ4n) is 6.19. The highest BCUT2D eigenvalue weighted by molar-refractivity contribution is 7.23. The van der Waals surface area contributed by atoms with Crippen LogP contribution in [0.3, 0.4) is 0 Å². The normalized spacial score (nSPS) is 13.7. The van der Waals surface area contributed by atoms with Crippen molar-refractivity contribution in [2.75, 3.05) is 0 Å². The Morgan fingerprint density at radius 1 is 0.471 bits per heavy atom. The predicted octanol–water partition coefficient (Wildman–Crippen LogP) is 5.66. The molecule has 0 bridgehead atoms. The molecule has 160 valence electrons. The summed E-state index contributed by atoms with van der Waals surface area (Å²) in [6.07, 6.45) is 0. The smallest absolute Gasteiger partial charge is 0.0623 e. The standard InChI is InChI=1S/C33H24Si/c1-23-11-10-18-29-28(23)19-20-30-31-21-24-12-8-9-13-25(24)22-32(31)34(33(29)30,26-14-4-2-5-15-26)27-16-6-3-7-17-27/h2-22H,1H3. The minimum absolute atomic E-state index is 1.31. The van der Waals surface area contributed by atoms with E-state index in [0.29, 0.717) is 0 Å². The topological polar surface area (TPSA) is 0 Å². The monoisotopic (exact) mass is 448 g/mol. The van der Waals surface area contributed by atoms with Gasteiger partial charge in [0, 0.05) is 0 Å². The highest BCUT2D eigenvalue weighted by Crippen LogP contribution is 2.35. The molecule has 0 atom stereocenters. The number of fused-ring (bicyclic) bond motifs is 6. The number of rotatable bonds is 2. The van der Waals surface area contributed by atoms with Crippen LogP contribution in [0.1, 0.15) is 5.56 Å². The average Bonchev–Trinajstić information content (AvgIpc) is 3.19. The molecule has 7 rings (SSSR count). The molecule has 1 heteroatoms. The third-order valence-corrected chi connectivity index (χ3v) is 12.6. The lowest BCUT2D eigenvalue weighted by atomic mass is 9.97. The van der Waals surface area contributed by atoms with E-state index in [0.717, 1.165) is 0 Å². The zero-order valence-corrected chi connectivity index (χ0v) is 20.1. The van der Waals surface area contributed by atoms with Gasteiger partial charge in [0.15, 0.2) is 8.07 Å². The third-order valence-electron chi connectivity index (χ3n) is 7.65. The quantitative estimate of drug-likeness (QED) is 0.299. The van der Waals surface area contributed by atoms with Crippen molar-refractivity contribution >= 4 is 50.4 Å². The predicted molar refractivity (Wildman–Crippen MR) is 149 cm³/mol. The average molecular weight is 449 g/mol. The molecule has 1 heterocycles. The Kier molecular flexibility index (Phi) is 4.18. The van der Waals surface area contributed by atoms with Gasteiger partial charge in [-0.2, -0.15) is 0 Å². The molecule has 6 aromatic rings. The maximum Gasteiger partial charge on any atom is 0.181 e. The summed E-state index contributed by atoms with van der Waals surface area (Å²) in [7, 11) is -2.53. The van der Waals surface area contributed by atoms with Gasteiger partial charge in [0.25, 0.3) is 0 Å². The maximum atomic E-state index is 2.50. The van der Waals surface area contributed by atoms with Crippen molar-refractivity contribution in [1.29, 1.82) is 0 Å². The summed E-state index contributed by atoms with van der Waals surface area (Å²) in [6.45, 7) is 2.24. The fraction of sp³-hybridized carbons (Fsp3) is 0.0303. The lowest BCUT2D eigenvalue weighted by molar-refractivity contribution is 1.54. The van der Waals surface area contributed by atoms with Crippen LogP contribution in [0.2, 0.25) is 0 Å². The molecule has 0 aromatic heterocycles. The zero-order chi connectivity index (χ0) is 22.7. The van der Waals surface area contributed by atoms with Crippen LogP contribution in [0.5, 0.6) is 0 Å². The Morgan fingerprint density at radius 3 is 1.76 bits per heavy atom. The highest BCUT2D eigenvalue weighted by atomic mass is 28.3. The molecule has 0 spiro atoms. The molecular formula is C33H24Si. The molecule has 0 unspecified atom stereocenters. The van der Waals surface area contributed by atoms with Gasteiger partial charge in [0.1, 0.15) is 0 Å². The summed E-state index contributed by atoms with van der Waals surface area (Å²) >= 11 is 0. The van der Waals surface area contributed by atoms with Crippen molar-refractivity contribution in [1.82, 2.24) is 0 Å². The van der Waals surface area contributed by atoms with E-state index in [4.69, 9.17) is 0 Å². The lowest BCUT2D eigenvalue weighted by Crippen LogP contribution is -2.73. The molecular weight excluding hydrogens is 424 g/mol. The molecule has 6 aromatic carbocycles. The van der Waals surface area contributed by atoms with Gasteiger partial charge in [-0.3, -0.25) is 0 Å². The van der Waals surface area contributed by atoms with Crippen LogP contribution < -0.4 is 20.7 Å². The van der Waals surface area contributed by atoms with E-state index < -0.39 is 8.07 Å². The number of aryl methyl sites for hydroxylation is 1. The summed E-state index contributed by atoms with van der Waals surface area (Å²) in [5.74, 6) is 0. The first-order valence-electron chi connectivity index (χ1n) is 12.0. The zero-order valence-electron chi connectivity index (χ0n) is 19.1. The van der Waals surface area contributed by atoms with Crippen LogP contribution in [0.25, 0.3) is 32.7 Å². The van der Waals surface area contributed by atoms with Gasteiger partial charge in [-0.05, 0) is 72.0 Å². The fourth-order valence-corrected chi connectivity index (χ4v) is 11.6. The van der Waals surface area contributed by atoms with E-state index in [1.807, 2.05) is 0 Å². The van der Waals surface area contributed by atoms with E-state index in [1.54, 1.807) is 0 Å². The van der Waals surface area contributed by atoms with Crippen LogP contribution in [-0.2, 0) is 0 Å². The van der Waals surface area contributed by atoms with Gasteiger partial charge in [-0.15, -0.1) is 0 Å². The van der Waals surface area contributed by atoms with Crippen LogP contribution in [-0.4, -0.2) is 8.07 Å². The number of hydrogen-bond acceptors (Lipinski definition) is 0. The molecule has 0 nitrogen and oxygen atoms in total. The Morgan fingerprint density at radius 2 is 1.09 bits per heavy atom. The van der Waals surface area contributed by atoms with Crippen molar-refractivity contribution in [2.24, 2.45) is 0 Å². The molecule has 0 aliphatic carbocycles. The van der Waals surface area contributed by atoms with E-state index in [2.05, 4.69) is 134 Å². The summed E-state index contributed by atoms with van der Waals surface area (Å²) in [6, 6.07) is 47.9. The largest absolute Gasteiger partial charge is 0.181 e. The van der Waals surface area contributed by atoms with Crippen molar-refractivity contribution in [2.45, 2.75) is 6.92 Å². The Bertz CT molecular complexity index is 1660. The second kappa shape index (κ2) is 7.28. The molecule has 0 amide bonds. The van der Waals surface area contributed by atoms with Crippen molar-refractivity contribution in [3.8, 4) is 11.1 Å². The van der Waals surface area contributed by atoms with Gasteiger partial charge < -0.3 is 0 Å². The van der Waals surface area contributed by atoms with Gasteiger partial charge in [-0.25, -0.2) is 0 Å². The van der Waals surface area contributed by atoms with Gasteiger partial charge in [0.2, 0.25) is 0 Å². The molecule has 34 heavy (non-hydrogen) atoms. The molecule has 0 N–H and O–H groups in total. The van der Waals surface area contributed by atoms with Crippen LogP contribution in [0.4, 0.5) is 0 Å². The molecule has 0 saturated carbocycles. The summed E-state index contributed by atoms with van der Waals surface area (Å²) < 4.78 is 0. The van der Waals surface area contributed by atoms with Gasteiger partial charge in [-0.1, -0.05) is 121 Å². The van der Waals surface area contributed by atoms with E-state index >= 15 is 0 Å². The molecule has 1 aliphatic rings. The minimum atomic E-state index is -2.53. The first-order valence-corrected chi connectivity index (χ1v) is 14.0. The maximum absolute atomic E-state index is 2.53. The number of hydrogen-bond donors (Lipinski definition) is 0. The van der Waals surface area contributed by atoms with Crippen LogP contribution in [0, 0.1) is 6.92 Å². The summed E-state index contributed by atoms with van der Waals surface area (Å²) in [5.41, 5.74) is 4.14. The van der Waals surface area contributed by atoms with E-state index in [1.165, 1.54) is 59.0 Å². The highest BCUT2D eigenvalue weighted by Gasteiger charge is 2.49. The molecule has 1 aliphatic heterocycles. The van der Waals surface area contributed by atoms with Crippen LogP contribution >= 0.6 is 0 Å². The first kappa shape index (κ1) is 19.5. The SMILES string of the molecule is Cc1cccc2c3c(ccc12)-c1cc2ccccc2cc1[Si]3(c1ccccc1)c1ccccc1. The van der Waals surface area contributed by atoms with Crippen molar-refractivity contribution in [3.63, 3.8) is 0 Å². The third kappa shape index (κ3) is 2.53. The minimum Gasteiger partial charge on any atom is -0.0623 e. The molecule has 0 saturated heterocycles. The van der Waals surface area contributed by atoms with E-state index in [9.17, 15) is 0 Å². The Balaban J connectivity index is 1.76. The molecule has 0 fully saturated rings. The second-order valence-electron chi connectivity index (χ2n) is 9.39. The van der Waals surface area contributed by atoms with E-state index in [-0.39, 0.29) is 0 Å². The van der Waals surface area contributed by atoms with Crippen LogP contribution in [0.15, 0.2) is 127 Å². The Hall–Kier alpha value is -3.94. The molecule has 0 radical (unpaired) electrons. The second-order valence-corrected chi connectivity index (χ2v) is 13.1.